The van der Waals surface area contributed by atoms with E-state index in [0.29, 0.717) is 6.54 Å². The summed E-state index contributed by atoms with van der Waals surface area (Å²) < 4.78 is 10.7. The van der Waals surface area contributed by atoms with E-state index in [4.69, 9.17) is 9.47 Å². The van der Waals surface area contributed by atoms with Crippen LogP contribution in [0.25, 0.3) is 0 Å². The molecule has 5 heteroatoms. The molecule has 3 rings (SSSR count). The lowest BCUT2D eigenvalue weighted by Gasteiger charge is -2.24. The molecular formula is C13H17NO4. The lowest BCUT2D eigenvalue weighted by molar-refractivity contribution is -0.151. The van der Waals surface area contributed by atoms with Crippen molar-refractivity contribution >= 4 is 11.9 Å². The summed E-state index contributed by atoms with van der Waals surface area (Å²) in [5.74, 6) is -1.25. The minimum Gasteiger partial charge on any atom is -0.469 e. The first-order chi connectivity index (χ1) is 8.50. The fourth-order valence-electron chi connectivity index (χ4n) is 3.37. The van der Waals surface area contributed by atoms with Gasteiger partial charge >= 0.3 is 5.97 Å². The van der Waals surface area contributed by atoms with Crippen LogP contribution < -0.4 is 0 Å². The van der Waals surface area contributed by atoms with Crippen molar-refractivity contribution < 1.29 is 19.1 Å². The van der Waals surface area contributed by atoms with Crippen molar-refractivity contribution in [3.8, 4) is 0 Å². The fraction of sp³-hybridized carbons (Fsp3) is 0.692. The van der Waals surface area contributed by atoms with E-state index in [0.717, 1.165) is 0 Å². The second kappa shape index (κ2) is 3.57. The summed E-state index contributed by atoms with van der Waals surface area (Å²) in [7, 11) is 1.35. The Morgan fingerprint density at radius 3 is 2.94 bits per heavy atom. The van der Waals surface area contributed by atoms with Gasteiger partial charge in [0.15, 0.2) is 0 Å². The summed E-state index contributed by atoms with van der Waals surface area (Å²) in [6, 6.07) is 0.117. The molecule has 1 spiro atoms. The van der Waals surface area contributed by atoms with Crippen LogP contribution in [0.15, 0.2) is 12.2 Å². The Hall–Kier alpha value is -1.36. The normalized spacial score (nSPS) is 40.8. The Morgan fingerprint density at radius 2 is 2.33 bits per heavy atom. The second-order valence-electron chi connectivity index (χ2n) is 5.48. The molecule has 1 amide bonds. The largest absolute Gasteiger partial charge is 0.469 e. The van der Waals surface area contributed by atoms with Crippen LogP contribution in [0.4, 0.5) is 0 Å². The topological polar surface area (TPSA) is 55.8 Å². The molecule has 3 aliphatic heterocycles. The quantitative estimate of drug-likeness (QED) is 0.525. The van der Waals surface area contributed by atoms with Crippen molar-refractivity contribution in [1.29, 1.82) is 0 Å². The molecule has 0 radical (unpaired) electrons. The predicted octanol–water partition coefficient (Wildman–Crippen LogP) is 0.350. The lowest BCUT2D eigenvalue weighted by Crippen LogP contribution is -2.40. The summed E-state index contributed by atoms with van der Waals surface area (Å²) in [5.41, 5.74) is -0.606. The first kappa shape index (κ1) is 11.7. The summed E-state index contributed by atoms with van der Waals surface area (Å²) in [4.78, 5) is 26.1. The van der Waals surface area contributed by atoms with Crippen LogP contribution in [0.1, 0.15) is 13.8 Å². The molecule has 0 aromatic rings. The highest BCUT2D eigenvalue weighted by molar-refractivity contribution is 5.91. The van der Waals surface area contributed by atoms with E-state index in [9.17, 15) is 9.59 Å². The van der Waals surface area contributed by atoms with E-state index in [1.807, 2.05) is 26.0 Å². The molecule has 0 aromatic heterocycles. The molecule has 2 bridgehead atoms. The number of carbonyl (C=O) groups is 2. The third-order valence-electron chi connectivity index (χ3n) is 4.23. The minimum atomic E-state index is -0.606. The van der Waals surface area contributed by atoms with Crippen molar-refractivity contribution in [2.45, 2.75) is 31.6 Å². The van der Waals surface area contributed by atoms with Crippen LogP contribution in [0, 0.1) is 11.8 Å². The van der Waals surface area contributed by atoms with E-state index in [2.05, 4.69) is 0 Å². The Balaban J connectivity index is 1.98. The van der Waals surface area contributed by atoms with Gasteiger partial charge in [-0.3, -0.25) is 9.59 Å². The highest BCUT2D eigenvalue weighted by Gasteiger charge is 2.67. The standard InChI is InChI=1S/C13H17NO4/c1-7(2)14-6-13-5-4-8(18-13)9(12(16)17-3)10(13)11(14)15/h4-5,7-10H,6H2,1-3H3/t8-,9?,10+,13-/m1/s1. The smallest absolute Gasteiger partial charge is 0.312 e. The van der Waals surface area contributed by atoms with Gasteiger partial charge in [-0.2, -0.15) is 0 Å². The number of ether oxygens (including phenoxy) is 2. The SMILES string of the molecule is COC(=O)C1[C@H]2C(=O)N(C(C)C)C[C@]23C=C[C@H]1O3. The average molecular weight is 251 g/mol. The molecule has 18 heavy (non-hydrogen) atoms. The van der Waals surface area contributed by atoms with Gasteiger partial charge in [0.1, 0.15) is 11.5 Å². The van der Waals surface area contributed by atoms with E-state index in [-0.39, 0.29) is 24.0 Å². The minimum absolute atomic E-state index is 0.00671. The van der Waals surface area contributed by atoms with Gasteiger partial charge in [0, 0.05) is 6.04 Å². The Labute approximate surface area is 106 Å². The average Bonchev–Trinajstić information content (AvgIpc) is 2.96. The number of rotatable bonds is 2. The zero-order chi connectivity index (χ0) is 13.1. The first-order valence-corrected chi connectivity index (χ1v) is 6.25. The van der Waals surface area contributed by atoms with Crippen LogP contribution in [0.3, 0.4) is 0 Å². The molecular weight excluding hydrogens is 234 g/mol. The molecule has 2 saturated heterocycles. The highest BCUT2D eigenvalue weighted by atomic mass is 16.5. The molecule has 0 aromatic carbocycles. The van der Waals surface area contributed by atoms with Crippen molar-refractivity contribution in [1.82, 2.24) is 4.90 Å². The van der Waals surface area contributed by atoms with Gasteiger partial charge in [-0.15, -0.1) is 0 Å². The van der Waals surface area contributed by atoms with Crippen LogP contribution in [0.5, 0.6) is 0 Å². The Morgan fingerprint density at radius 1 is 1.61 bits per heavy atom. The molecule has 0 saturated carbocycles. The number of nitrogens with zero attached hydrogens (tertiary/aromatic N) is 1. The van der Waals surface area contributed by atoms with Crippen molar-refractivity contribution in [2.75, 3.05) is 13.7 Å². The van der Waals surface area contributed by atoms with Crippen molar-refractivity contribution in [2.24, 2.45) is 11.8 Å². The van der Waals surface area contributed by atoms with Crippen LogP contribution in [-0.4, -0.2) is 48.2 Å². The number of amides is 1. The van der Waals surface area contributed by atoms with Crippen LogP contribution in [-0.2, 0) is 19.1 Å². The number of methoxy groups -OCH3 is 1. The van der Waals surface area contributed by atoms with Gasteiger partial charge < -0.3 is 14.4 Å². The predicted molar refractivity (Wildman–Crippen MR) is 62.6 cm³/mol. The summed E-state index contributed by atoms with van der Waals surface area (Å²) >= 11 is 0. The zero-order valence-corrected chi connectivity index (χ0v) is 10.8. The number of esters is 1. The van der Waals surface area contributed by atoms with Crippen molar-refractivity contribution in [3.05, 3.63) is 12.2 Å². The lowest BCUT2D eigenvalue weighted by atomic mass is 9.77. The zero-order valence-electron chi connectivity index (χ0n) is 10.8. The van der Waals surface area contributed by atoms with Gasteiger partial charge in [0.05, 0.1) is 25.7 Å². The van der Waals surface area contributed by atoms with Crippen molar-refractivity contribution in [3.63, 3.8) is 0 Å². The molecule has 3 aliphatic rings. The summed E-state index contributed by atoms with van der Waals surface area (Å²) in [6.45, 7) is 4.48. The number of likely N-dealkylation sites (tertiary alicyclic amines) is 1. The molecule has 0 aliphatic carbocycles. The maximum Gasteiger partial charge on any atom is 0.312 e. The monoisotopic (exact) mass is 251 g/mol. The number of fused-ring (bicyclic) bond motifs is 1. The molecule has 0 N–H and O–H groups in total. The maximum atomic E-state index is 12.4. The number of carbonyl (C=O) groups excluding carboxylic acids is 2. The second-order valence-corrected chi connectivity index (χ2v) is 5.48. The van der Waals surface area contributed by atoms with E-state index in [1.165, 1.54) is 7.11 Å². The van der Waals surface area contributed by atoms with Crippen LogP contribution in [0.2, 0.25) is 0 Å². The molecule has 4 atom stereocenters. The fourth-order valence-corrected chi connectivity index (χ4v) is 3.37. The van der Waals surface area contributed by atoms with Gasteiger partial charge in [0.2, 0.25) is 5.91 Å². The maximum absolute atomic E-state index is 12.4. The number of hydrogen-bond donors (Lipinski definition) is 0. The first-order valence-electron chi connectivity index (χ1n) is 6.25. The van der Waals surface area contributed by atoms with Gasteiger partial charge in [-0.25, -0.2) is 0 Å². The summed E-state index contributed by atoms with van der Waals surface area (Å²) in [6.07, 6.45) is 3.53. The molecule has 1 unspecified atom stereocenters. The van der Waals surface area contributed by atoms with Gasteiger partial charge in [-0.1, -0.05) is 12.2 Å². The number of hydrogen-bond acceptors (Lipinski definition) is 4. The molecule has 3 heterocycles. The molecule has 98 valence electrons. The van der Waals surface area contributed by atoms with E-state index in [1.54, 1.807) is 4.90 Å². The summed E-state index contributed by atoms with van der Waals surface area (Å²) in [5, 5.41) is 0. The highest BCUT2D eigenvalue weighted by Crippen LogP contribution is 2.52. The third-order valence-corrected chi connectivity index (χ3v) is 4.23. The van der Waals surface area contributed by atoms with Gasteiger partial charge in [-0.05, 0) is 13.8 Å². The third kappa shape index (κ3) is 1.25. The Kier molecular flexibility index (Phi) is 2.32. The van der Waals surface area contributed by atoms with E-state index < -0.39 is 17.4 Å². The molecule has 2 fully saturated rings. The van der Waals surface area contributed by atoms with Gasteiger partial charge in [0.25, 0.3) is 0 Å². The molecule has 5 nitrogen and oxygen atoms in total. The van der Waals surface area contributed by atoms with Crippen LogP contribution >= 0.6 is 0 Å². The van der Waals surface area contributed by atoms with E-state index >= 15 is 0 Å². The Bertz CT molecular complexity index is 444.